The molecule has 0 aromatic carbocycles. The van der Waals surface area contributed by atoms with Gasteiger partial charge in [-0.25, -0.2) is 15.0 Å². The molecule has 2 aromatic rings. The van der Waals surface area contributed by atoms with Crippen LogP contribution in [0.5, 0.6) is 0 Å². The molecule has 4 heterocycles. The molecule has 2 saturated heterocycles. The molecular weight excluding hydrogens is 374 g/mol. The number of nitrogens with one attached hydrogen (secondary N) is 1. The highest BCUT2D eigenvalue weighted by molar-refractivity contribution is 7.11. The van der Waals surface area contributed by atoms with E-state index in [4.69, 9.17) is 4.74 Å². The fourth-order valence-electron chi connectivity index (χ4n) is 4.29. The minimum atomic E-state index is 0.0105. The second kappa shape index (κ2) is 8.63. The lowest BCUT2D eigenvalue weighted by Gasteiger charge is -2.35. The molecule has 0 bridgehead atoms. The predicted molar refractivity (Wildman–Crippen MR) is 107 cm³/mol. The quantitative estimate of drug-likeness (QED) is 0.798. The zero-order chi connectivity index (χ0) is 19.5. The number of rotatable bonds is 6. The summed E-state index contributed by atoms with van der Waals surface area (Å²) in [5, 5.41) is 4.05. The molecule has 0 radical (unpaired) electrons. The van der Waals surface area contributed by atoms with Gasteiger partial charge >= 0.3 is 0 Å². The fourth-order valence-corrected chi connectivity index (χ4v) is 5.27. The van der Waals surface area contributed by atoms with Crippen LogP contribution in [0, 0.1) is 25.7 Å². The van der Waals surface area contributed by atoms with E-state index < -0.39 is 0 Å². The molecule has 2 fully saturated rings. The number of hydrogen-bond acceptors (Lipinski definition) is 7. The van der Waals surface area contributed by atoms with E-state index in [1.807, 2.05) is 0 Å². The highest BCUT2D eigenvalue weighted by Gasteiger charge is 2.41. The molecule has 7 nitrogen and oxygen atoms in total. The lowest BCUT2D eigenvalue weighted by atomic mass is 9.83. The van der Waals surface area contributed by atoms with Crippen molar-refractivity contribution in [1.82, 2.24) is 25.2 Å². The molecule has 8 heteroatoms. The lowest BCUT2D eigenvalue weighted by molar-refractivity contribution is -0.124. The number of likely N-dealkylation sites (tertiary alicyclic amines) is 1. The van der Waals surface area contributed by atoms with Gasteiger partial charge in [-0.05, 0) is 38.8 Å². The van der Waals surface area contributed by atoms with Gasteiger partial charge in [0.05, 0.1) is 36.4 Å². The Hall–Kier alpha value is -1.90. The predicted octanol–water partition coefficient (Wildman–Crippen LogP) is 2.09. The standard InChI is InChI=1S/C20H27N5O2S/c1-13-18(28-14(2)24-13)11-25-7-4-16-15(10-25)12-27-17(16)8-20(26)23-9-19-21-5-3-6-22-19/h3,5-6,15-17H,4,7-12H2,1-2H3,(H,23,26)/t15-,16-,17+/m1/s1. The van der Waals surface area contributed by atoms with Gasteiger partial charge in [-0.15, -0.1) is 11.3 Å². The van der Waals surface area contributed by atoms with Crippen LogP contribution in [0.1, 0.15) is 34.2 Å². The summed E-state index contributed by atoms with van der Waals surface area (Å²) >= 11 is 1.80. The molecule has 2 aliphatic heterocycles. The van der Waals surface area contributed by atoms with E-state index in [0.29, 0.717) is 30.6 Å². The van der Waals surface area contributed by atoms with Gasteiger partial charge in [0.15, 0.2) is 0 Å². The summed E-state index contributed by atoms with van der Waals surface area (Å²) in [7, 11) is 0. The number of thiazole rings is 1. The molecule has 1 amide bonds. The average molecular weight is 402 g/mol. The minimum Gasteiger partial charge on any atom is -0.377 e. The third kappa shape index (κ3) is 4.56. The maximum Gasteiger partial charge on any atom is 0.222 e. The normalized spacial score (nSPS) is 24.9. The summed E-state index contributed by atoms with van der Waals surface area (Å²) in [6, 6.07) is 1.77. The summed E-state index contributed by atoms with van der Waals surface area (Å²) in [5.74, 6) is 1.62. The van der Waals surface area contributed by atoms with Crippen molar-refractivity contribution in [3.8, 4) is 0 Å². The zero-order valence-electron chi connectivity index (χ0n) is 16.4. The van der Waals surface area contributed by atoms with Crippen LogP contribution in [0.4, 0.5) is 0 Å². The van der Waals surface area contributed by atoms with E-state index in [0.717, 1.165) is 43.4 Å². The SMILES string of the molecule is Cc1nc(C)c(CN2CC[C@@H]3[C@@H](CO[C@H]3CC(=O)NCc3ncccn3)C2)s1. The largest absolute Gasteiger partial charge is 0.377 e. The van der Waals surface area contributed by atoms with Crippen LogP contribution in [0.3, 0.4) is 0 Å². The molecule has 2 aliphatic rings. The molecule has 3 atom stereocenters. The van der Waals surface area contributed by atoms with Crippen molar-refractivity contribution in [2.45, 2.75) is 45.9 Å². The van der Waals surface area contributed by atoms with Gasteiger partial charge in [0.25, 0.3) is 0 Å². The van der Waals surface area contributed by atoms with E-state index in [1.54, 1.807) is 29.8 Å². The van der Waals surface area contributed by atoms with Crippen molar-refractivity contribution in [3.05, 3.63) is 39.9 Å². The molecule has 0 aliphatic carbocycles. The molecule has 0 saturated carbocycles. The number of nitrogens with zero attached hydrogens (tertiary/aromatic N) is 4. The highest BCUT2D eigenvalue weighted by atomic mass is 32.1. The number of carbonyl (C=O) groups excluding carboxylic acids is 1. The van der Waals surface area contributed by atoms with Crippen molar-refractivity contribution < 1.29 is 9.53 Å². The van der Waals surface area contributed by atoms with Crippen molar-refractivity contribution in [1.29, 1.82) is 0 Å². The summed E-state index contributed by atoms with van der Waals surface area (Å²) in [6.07, 6.45) is 4.89. The Labute approximate surface area is 169 Å². The maximum atomic E-state index is 12.3. The number of fused-ring (bicyclic) bond motifs is 1. The van der Waals surface area contributed by atoms with E-state index in [1.165, 1.54) is 4.88 Å². The number of piperidine rings is 1. The minimum absolute atomic E-state index is 0.0105. The van der Waals surface area contributed by atoms with Gasteiger partial charge in [0.2, 0.25) is 5.91 Å². The molecule has 0 unspecified atom stereocenters. The van der Waals surface area contributed by atoms with E-state index >= 15 is 0 Å². The first kappa shape index (κ1) is 19.4. The van der Waals surface area contributed by atoms with Crippen molar-refractivity contribution in [3.63, 3.8) is 0 Å². The van der Waals surface area contributed by atoms with Crippen molar-refractivity contribution in [2.75, 3.05) is 19.7 Å². The number of hydrogen-bond donors (Lipinski definition) is 1. The number of aryl methyl sites for hydroxylation is 2. The molecule has 150 valence electrons. The van der Waals surface area contributed by atoms with Crippen LogP contribution in [0.25, 0.3) is 0 Å². The maximum absolute atomic E-state index is 12.3. The fraction of sp³-hybridized carbons (Fsp3) is 0.600. The number of carbonyl (C=O) groups is 1. The third-order valence-corrected chi connectivity index (χ3v) is 6.75. The van der Waals surface area contributed by atoms with Crippen molar-refractivity contribution in [2.24, 2.45) is 11.8 Å². The summed E-state index contributed by atoms with van der Waals surface area (Å²) < 4.78 is 6.02. The van der Waals surface area contributed by atoms with Gasteiger partial charge in [-0.2, -0.15) is 0 Å². The Morgan fingerprint density at radius 2 is 2.18 bits per heavy atom. The smallest absolute Gasteiger partial charge is 0.222 e. The monoisotopic (exact) mass is 401 g/mol. The van der Waals surface area contributed by atoms with E-state index in [9.17, 15) is 4.79 Å². The third-order valence-electron chi connectivity index (χ3n) is 5.70. The van der Waals surface area contributed by atoms with Crippen LogP contribution in [0.15, 0.2) is 18.5 Å². The van der Waals surface area contributed by atoms with Gasteiger partial charge in [-0.3, -0.25) is 9.69 Å². The first-order valence-corrected chi connectivity index (χ1v) is 10.7. The van der Waals surface area contributed by atoms with Gasteiger partial charge in [-0.1, -0.05) is 0 Å². The number of aromatic nitrogens is 3. The summed E-state index contributed by atoms with van der Waals surface area (Å²) in [6.45, 7) is 8.34. The van der Waals surface area contributed by atoms with Crippen LogP contribution >= 0.6 is 11.3 Å². The Balaban J connectivity index is 1.26. The average Bonchev–Trinajstić information content (AvgIpc) is 3.23. The molecule has 28 heavy (non-hydrogen) atoms. The summed E-state index contributed by atoms with van der Waals surface area (Å²) in [5.41, 5.74) is 1.16. The Bertz CT molecular complexity index is 812. The molecule has 0 spiro atoms. The van der Waals surface area contributed by atoms with E-state index in [2.05, 4.69) is 39.0 Å². The van der Waals surface area contributed by atoms with Crippen molar-refractivity contribution >= 4 is 17.2 Å². The van der Waals surface area contributed by atoms with E-state index in [-0.39, 0.29) is 12.0 Å². The second-order valence-electron chi connectivity index (χ2n) is 7.71. The lowest BCUT2D eigenvalue weighted by Crippen LogP contribution is -2.41. The first-order valence-electron chi connectivity index (χ1n) is 9.88. The highest BCUT2D eigenvalue weighted by Crippen LogP contribution is 2.36. The topological polar surface area (TPSA) is 80.2 Å². The van der Waals surface area contributed by atoms with Crippen LogP contribution in [0.2, 0.25) is 0 Å². The molecular formula is C20H27N5O2S. The first-order chi connectivity index (χ1) is 13.6. The molecule has 4 rings (SSSR count). The second-order valence-corrected chi connectivity index (χ2v) is 8.99. The number of ether oxygens (including phenoxy) is 1. The van der Waals surface area contributed by atoms with Crippen LogP contribution in [-0.4, -0.2) is 51.6 Å². The summed E-state index contributed by atoms with van der Waals surface area (Å²) in [4.78, 5) is 29.0. The number of amides is 1. The van der Waals surface area contributed by atoms with Crippen LogP contribution < -0.4 is 5.32 Å². The van der Waals surface area contributed by atoms with Crippen LogP contribution in [-0.2, 0) is 22.6 Å². The van der Waals surface area contributed by atoms with Gasteiger partial charge < -0.3 is 10.1 Å². The molecule has 1 N–H and O–H groups in total. The Morgan fingerprint density at radius 3 is 2.93 bits per heavy atom. The van der Waals surface area contributed by atoms with Gasteiger partial charge in [0, 0.05) is 36.3 Å². The molecule has 2 aromatic heterocycles. The zero-order valence-corrected chi connectivity index (χ0v) is 17.2. The Kier molecular flexibility index (Phi) is 5.99. The van der Waals surface area contributed by atoms with Gasteiger partial charge in [0.1, 0.15) is 5.82 Å². The Morgan fingerprint density at radius 1 is 1.36 bits per heavy atom.